The van der Waals surface area contributed by atoms with E-state index in [2.05, 4.69) is 24.3 Å². The maximum atomic E-state index is 12.8. The van der Waals surface area contributed by atoms with Gasteiger partial charge in [0.1, 0.15) is 23.1 Å². The average molecular weight is 410 g/mol. The van der Waals surface area contributed by atoms with Crippen molar-refractivity contribution in [2.75, 3.05) is 25.7 Å². The highest BCUT2D eigenvalue weighted by molar-refractivity contribution is 8.00. The molecule has 0 spiro atoms. The van der Waals surface area contributed by atoms with Crippen molar-refractivity contribution in [2.45, 2.75) is 18.2 Å². The van der Waals surface area contributed by atoms with Crippen molar-refractivity contribution in [2.24, 2.45) is 5.92 Å². The zero-order valence-corrected chi connectivity index (χ0v) is 16.9. The number of nitrogens with zero attached hydrogens (tertiary/aromatic N) is 1. The maximum Gasteiger partial charge on any atom is 0.233 e. The van der Waals surface area contributed by atoms with Gasteiger partial charge in [0.25, 0.3) is 0 Å². The molecular weight excluding hydrogens is 386 g/mol. The van der Waals surface area contributed by atoms with Gasteiger partial charge in [-0.05, 0) is 35.2 Å². The molecule has 2 unspecified atom stereocenters. The summed E-state index contributed by atoms with van der Waals surface area (Å²) >= 11 is 1.69. The number of hydrogen-bond donors (Lipinski definition) is 0. The van der Waals surface area contributed by atoms with Crippen molar-refractivity contribution in [3.05, 3.63) is 77.2 Å². The van der Waals surface area contributed by atoms with Gasteiger partial charge < -0.3 is 19.1 Å². The number of thioether (sulfide) groups is 1. The monoisotopic (exact) mass is 409 g/mol. The fraction of sp³-hybridized carbons (Fsp3) is 0.348. The van der Waals surface area contributed by atoms with Crippen LogP contribution < -0.4 is 4.74 Å². The van der Waals surface area contributed by atoms with Gasteiger partial charge in [-0.2, -0.15) is 0 Å². The number of carbonyl (C=O) groups is 1. The number of rotatable bonds is 6. The van der Waals surface area contributed by atoms with Gasteiger partial charge in [0.05, 0.1) is 12.4 Å². The second-order valence-corrected chi connectivity index (χ2v) is 8.58. The Morgan fingerprint density at radius 3 is 2.86 bits per heavy atom. The molecule has 3 aliphatic rings. The van der Waals surface area contributed by atoms with E-state index in [0.717, 1.165) is 31.0 Å². The summed E-state index contributed by atoms with van der Waals surface area (Å²) in [5.41, 5.74) is 3.62. The van der Waals surface area contributed by atoms with Gasteiger partial charge in [-0.3, -0.25) is 4.79 Å². The summed E-state index contributed by atoms with van der Waals surface area (Å²) in [7, 11) is 0. The van der Waals surface area contributed by atoms with Gasteiger partial charge in [0.15, 0.2) is 0 Å². The first-order valence-electron chi connectivity index (χ1n) is 9.93. The van der Waals surface area contributed by atoms with Crippen LogP contribution in [0, 0.1) is 5.92 Å². The molecule has 0 saturated carbocycles. The Morgan fingerprint density at radius 1 is 1.14 bits per heavy atom. The second kappa shape index (κ2) is 8.03. The molecule has 0 aliphatic carbocycles. The Kier molecular flexibility index (Phi) is 5.10. The number of carbonyl (C=O) groups excluding carboxylic acids is 1. The zero-order valence-electron chi connectivity index (χ0n) is 16.1. The lowest BCUT2D eigenvalue weighted by molar-refractivity contribution is -0.128. The first-order valence-corrected chi connectivity index (χ1v) is 11.0. The van der Waals surface area contributed by atoms with E-state index in [-0.39, 0.29) is 24.0 Å². The number of ether oxygens (including phenoxy) is 3. The van der Waals surface area contributed by atoms with Gasteiger partial charge in [-0.25, -0.2) is 0 Å². The van der Waals surface area contributed by atoms with Crippen LogP contribution in [0.5, 0.6) is 5.75 Å². The van der Waals surface area contributed by atoms with Crippen molar-refractivity contribution in [3.63, 3.8) is 0 Å². The molecule has 0 N–H and O–H groups in total. The molecule has 1 amide bonds. The van der Waals surface area contributed by atoms with Gasteiger partial charge in [-0.15, -0.1) is 11.8 Å². The van der Waals surface area contributed by atoms with Crippen LogP contribution in [0.15, 0.2) is 60.6 Å². The molecule has 5 rings (SSSR count). The lowest BCUT2D eigenvalue weighted by Crippen LogP contribution is -2.34. The van der Waals surface area contributed by atoms with Crippen LogP contribution in [-0.2, 0) is 27.1 Å². The third-order valence-electron chi connectivity index (χ3n) is 5.60. The van der Waals surface area contributed by atoms with Gasteiger partial charge in [0, 0.05) is 18.9 Å². The predicted molar refractivity (Wildman–Crippen MR) is 111 cm³/mol. The molecule has 3 heterocycles. The van der Waals surface area contributed by atoms with Crippen LogP contribution in [0.4, 0.5) is 0 Å². The van der Waals surface area contributed by atoms with E-state index in [0.29, 0.717) is 12.3 Å². The molecule has 150 valence electrons. The first-order chi connectivity index (χ1) is 14.3. The van der Waals surface area contributed by atoms with Gasteiger partial charge in [0.2, 0.25) is 12.7 Å². The highest BCUT2D eigenvalue weighted by Gasteiger charge is 2.36. The van der Waals surface area contributed by atoms with Gasteiger partial charge >= 0.3 is 0 Å². The molecule has 1 fully saturated rings. The smallest absolute Gasteiger partial charge is 0.233 e. The van der Waals surface area contributed by atoms with Crippen molar-refractivity contribution in [3.8, 4) is 5.75 Å². The average Bonchev–Trinajstić information content (AvgIpc) is 3.49. The number of hydrogen-bond acceptors (Lipinski definition) is 5. The third kappa shape index (κ3) is 3.81. The van der Waals surface area contributed by atoms with Crippen molar-refractivity contribution < 1.29 is 19.0 Å². The van der Waals surface area contributed by atoms with E-state index in [9.17, 15) is 4.79 Å². The summed E-state index contributed by atoms with van der Waals surface area (Å²) in [5.74, 6) is 2.53. The quantitative estimate of drug-likeness (QED) is 0.724. The molecule has 0 radical (unpaired) electrons. The van der Waals surface area contributed by atoms with E-state index in [1.807, 2.05) is 29.2 Å². The molecule has 2 aromatic rings. The molecule has 3 aliphatic heterocycles. The van der Waals surface area contributed by atoms with E-state index in [4.69, 9.17) is 14.2 Å². The summed E-state index contributed by atoms with van der Waals surface area (Å²) in [6, 6.07) is 16.7. The maximum absolute atomic E-state index is 12.8. The summed E-state index contributed by atoms with van der Waals surface area (Å²) in [5, 5.41) is 0.0228. The third-order valence-corrected chi connectivity index (χ3v) is 6.86. The predicted octanol–water partition coefficient (Wildman–Crippen LogP) is 3.90. The Morgan fingerprint density at radius 2 is 2.03 bits per heavy atom. The first kappa shape index (κ1) is 18.4. The molecule has 1 saturated heterocycles. The SMILES string of the molecule is O=C1CSC(c2ccc3c(c2)CCO3)N1CC(Cc1ccccc1)C1=COCO1. The van der Waals surface area contributed by atoms with E-state index in [1.165, 1.54) is 16.7 Å². The minimum absolute atomic E-state index is 0.0228. The topological polar surface area (TPSA) is 48.0 Å². The number of benzene rings is 2. The summed E-state index contributed by atoms with van der Waals surface area (Å²) in [6.07, 6.45) is 3.43. The Balaban J connectivity index is 1.39. The summed E-state index contributed by atoms with van der Waals surface area (Å²) < 4.78 is 16.7. The second-order valence-electron chi connectivity index (χ2n) is 7.51. The Labute approximate surface area is 174 Å². The van der Waals surface area contributed by atoms with Crippen LogP contribution in [0.2, 0.25) is 0 Å². The molecule has 0 aromatic heterocycles. The fourth-order valence-electron chi connectivity index (χ4n) is 4.15. The molecule has 5 nitrogen and oxygen atoms in total. The summed E-state index contributed by atoms with van der Waals surface area (Å²) in [6.45, 7) is 1.59. The molecule has 0 bridgehead atoms. The van der Waals surface area contributed by atoms with E-state index in [1.54, 1.807) is 18.0 Å². The van der Waals surface area contributed by atoms with E-state index >= 15 is 0 Å². The highest BCUT2D eigenvalue weighted by Crippen LogP contribution is 2.42. The standard InChI is InChI=1S/C23H23NO4S/c25-22-14-29-23(18-6-7-20-17(11-18)8-9-27-20)24(22)12-19(21-13-26-15-28-21)10-16-4-2-1-3-5-16/h1-7,11,13,19,23H,8-10,12,14-15H2. The summed E-state index contributed by atoms with van der Waals surface area (Å²) in [4.78, 5) is 14.8. The lowest BCUT2D eigenvalue weighted by Gasteiger charge is -2.29. The van der Waals surface area contributed by atoms with Crippen molar-refractivity contribution in [1.82, 2.24) is 4.90 Å². The number of fused-ring (bicyclic) bond motifs is 1. The molecular formula is C23H23NO4S. The fourth-order valence-corrected chi connectivity index (χ4v) is 5.33. The largest absolute Gasteiger partial charge is 0.493 e. The normalized spacial score (nSPS) is 21.2. The molecule has 2 aromatic carbocycles. The van der Waals surface area contributed by atoms with Crippen LogP contribution in [0.25, 0.3) is 0 Å². The van der Waals surface area contributed by atoms with E-state index < -0.39 is 0 Å². The molecule has 29 heavy (non-hydrogen) atoms. The van der Waals surface area contributed by atoms with Crippen molar-refractivity contribution >= 4 is 17.7 Å². The minimum Gasteiger partial charge on any atom is -0.493 e. The van der Waals surface area contributed by atoms with Crippen LogP contribution in [-0.4, -0.2) is 36.5 Å². The number of amides is 1. The highest BCUT2D eigenvalue weighted by atomic mass is 32.2. The van der Waals surface area contributed by atoms with Crippen molar-refractivity contribution in [1.29, 1.82) is 0 Å². The molecule has 6 heteroatoms. The lowest BCUT2D eigenvalue weighted by atomic mass is 9.96. The van der Waals surface area contributed by atoms with Crippen LogP contribution >= 0.6 is 11.8 Å². The molecule has 2 atom stereocenters. The van der Waals surface area contributed by atoms with Gasteiger partial charge in [-0.1, -0.05) is 36.4 Å². The van der Waals surface area contributed by atoms with Crippen LogP contribution in [0.1, 0.15) is 22.1 Å². The minimum atomic E-state index is 0.0228. The Bertz CT molecular complexity index is 930. The van der Waals surface area contributed by atoms with Crippen LogP contribution in [0.3, 0.4) is 0 Å². The zero-order chi connectivity index (χ0) is 19.6. The Hall–Kier alpha value is -2.60.